The number of hydrogen-bond acceptors (Lipinski definition) is 6. The van der Waals surface area contributed by atoms with Crippen LogP contribution in [-0.4, -0.2) is 56.1 Å². The monoisotopic (exact) mass is 391 g/mol. The number of aryl methyl sites for hydroxylation is 1. The molecule has 1 saturated heterocycles. The molecule has 1 fully saturated rings. The molecule has 146 valence electrons. The van der Waals surface area contributed by atoms with E-state index in [4.69, 9.17) is 9.15 Å². The summed E-state index contributed by atoms with van der Waals surface area (Å²) >= 11 is 1.38. The van der Waals surface area contributed by atoms with Crippen LogP contribution in [0, 0.1) is 6.92 Å². The molecule has 3 rings (SSSR count). The number of furan rings is 1. The summed E-state index contributed by atoms with van der Waals surface area (Å²) in [6, 6.07) is 7.47. The van der Waals surface area contributed by atoms with E-state index in [-0.39, 0.29) is 24.3 Å². The molecule has 0 radical (unpaired) electrons. The van der Waals surface area contributed by atoms with Gasteiger partial charge < -0.3 is 19.8 Å². The molecule has 1 unspecified atom stereocenters. The molecule has 1 aliphatic heterocycles. The molecule has 2 amide bonds. The van der Waals surface area contributed by atoms with Gasteiger partial charge in [0.2, 0.25) is 5.91 Å². The fourth-order valence-electron chi connectivity index (χ4n) is 3.01. The molecule has 0 saturated carbocycles. The average Bonchev–Trinajstić information content (AvgIpc) is 3.35. The first-order chi connectivity index (χ1) is 13.1. The molecule has 3 heterocycles. The molecule has 8 heteroatoms. The maximum absolute atomic E-state index is 12.2. The lowest BCUT2D eigenvalue weighted by atomic mass is 10.1. The van der Waals surface area contributed by atoms with Crippen LogP contribution in [0.25, 0.3) is 0 Å². The van der Waals surface area contributed by atoms with Crippen molar-refractivity contribution in [3.05, 3.63) is 46.0 Å². The molecule has 27 heavy (non-hydrogen) atoms. The zero-order chi connectivity index (χ0) is 19.1. The van der Waals surface area contributed by atoms with E-state index in [1.165, 1.54) is 11.3 Å². The standard InChI is InChI=1S/C19H25N3O4S/c1-14-4-5-16(26-14)15(22-8-10-25-11-9-22)13-21-18(23)6-7-20-19(24)17-3-2-12-27-17/h2-5,12,15H,6-11,13H2,1H3,(H,20,24)(H,21,23). The third kappa shape index (κ3) is 5.66. The van der Waals surface area contributed by atoms with Crippen molar-refractivity contribution in [1.29, 1.82) is 0 Å². The van der Waals surface area contributed by atoms with Crippen LogP contribution in [0.15, 0.2) is 34.1 Å². The highest BCUT2D eigenvalue weighted by atomic mass is 32.1. The minimum absolute atomic E-state index is 0.0211. The van der Waals surface area contributed by atoms with Gasteiger partial charge in [-0.1, -0.05) is 6.07 Å². The fraction of sp³-hybridized carbons (Fsp3) is 0.474. The Balaban J connectivity index is 1.47. The third-order valence-corrected chi connectivity index (χ3v) is 5.32. The Labute approximate surface area is 162 Å². The quantitative estimate of drug-likeness (QED) is 0.719. The van der Waals surface area contributed by atoms with E-state index in [0.29, 0.717) is 31.2 Å². The lowest BCUT2D eigenvalue weighted by molar-refractivity contribution is -0.121. The average molecular weight is 391 g/mol. The molecule has 0 aliphatic carbocycles. The van der Waals surface area contributed by atoms with Crippen LogP contribution < -0.4 is 10.6 Å². The maximum atomic E-state index is 12.2. The van der Waals surface area contributed by atoms with Gasteiger partial charge in [-0.05, 0) is 30.5 Å². The Morgan fingerprint density at radius 3 is 2.70 bits per heavy atom. The van der Waals surface area contributed by atoms with Crippen molar-refractivity contribution < 1.29 is 18.7 Å². The molecule has 0 spiro atoms. The zero-order valence-electron chi connectivity index (χ0n) is 15.4. The lowest BCUT2D eigenvalue weighted by Gasteiger charge is -2.33. The van der Waals surface area contributed by atoms with Crippen LogP contribution in [0.2, 0.25) is 0 Å². The Morgan fingerprint density at radius 2 is 2.04 bits per heavy atom. The van der Waals surface area contributed by atoms with Crippen molar-refractivity contribution in [3.63, 3.8) is 0 Å². The largest absolute Gasteiger partial charge is 0.465 e. The molecule has 2 N–H and O–H groups in total. The fourth-order valence-corrected chi connectivity index (χ4v) is 3.65. The van der Waals surface area contributed by atoms with Gasteiger partial charge in [0.15, 0.2) is 0 Å². The second kappa shape index (κ2) is 9.68. The zero-order valence-corrected chi connectivity index (χ0v) is 16.2. The van der Waals surface area contributed by atoms with Gasteiger partial charge in [0.25, 0.3) is 5.91 Å². The van der Waals surface area contributed by atoms with Gasteiger partial charge in [-0.25, -0.2) is 0 Å². The minimum atomic E-state index is -0.143. The van der Waals surface area contributed by atoms with Crippen LogP contribution in [0.5, 0.6) is 0 Å². The maximum Gasteiger partial charge on any atom is 0.261 e. The van der Waals surface area contributed by atoms with Gasteiger partial charge >= 0.3 is 0 Å². The summed E-state index contributed by atoms with van der Waals surface area (Å²) in [6.45, 7) is 5.65. The van der Waals surface area contributed by atoms with Crippen LogP contribution in [0.3, 0.4) is 0 Å². The lowest BCUT2D eigenvalue weighted by Crippen LogP contribution is -2.44. The molecule has 2 aromatic rings. The number of rotatable bonds is 8. The first-order valence-corrected chi connectivity index (χ1v) is 9.98. The van der Waals surface area contributed by atoms with E-state index in [1.54, 1.807) is 6.07 Å². The predicted molar refractivity (Wildman–Crippen MR) is 103 cm³/mol. The summed E-state index contributed by atoms with van der Waals surface area (Å²) in [4.78, 5) is 27.0. The number of nitrogens with one attached hydrogen (secondary N) is 2. The van der Waals surface area contributed by atoms with Crippen LogP contribution in [0.1, 0.15) is 33.7 Å². The molecule has 7 nitrogen and oxygen atoms in total. The van der Waals surface area contributed by atoms with E-state index in [0.717, 1.165) is 24.6 Å². The summed E-state index contributed by atoms with van der Waals surface area (Å²) in [5.74, 6) is 1.46. The minimum Gasteiger partial charge on any atom is -0.465 e. The molecular formula is C19H25N3O4S. The molecule has 0 bridgehead atoms. The van der Waals surface area contributed by atoms with Gasteiger partial charge in [-0.15, -0.1) is 11.3 Å². The van der Waals surface area contributed by atoms with E-state index < -0.39 is 0 Å². The Hall–Kier alpha value is -2.16. The predicted octanol–water partition coefficient (Wildman–Crippen LogP) is 1.96. The topological polar surface area (TPSA) is 83.8 Å². The SMILES string of the molecule is Cc1ccc(C(CNC(=O)CCNC(=O)c2cccs2)N2CCOCC2)o1. The summed E-state index contributed by atoms with van der Waals surface area (Å²) < 4.78 is 11.2. The summed E-state index contributed by atoms with van der Waals surface area (Å²) in [6.07, 6.45) is 0.240. The summed E-state index contributed by atoms with van der Waals surface area (Å²) in [5, 5.41) is 7.58. The van der Waals surface area contributed by atoms with Crippen molar-refractivity contribution in [3.8, 4) is 0 Å². The first-order valence-electron chi connectivity index (χ1n) is 9.10. The number of amides is 2. The summed E-state index contributed by atoms with van der Waals surface area (Å²) in [7, 11) is 0. The Bertz CT molecular complexity index is 738. The number of nitrogens with zero attached hydrogens (tertiary/aromatic N) is 1. The van der Waals surface area contributed by atoms with Gasteiger partial charge in [0.1, 0.15) is 11.5 Å². The van der Waals surface area contributed by atoms with Gasteiger partial charge in [0, 0.05) is 32.6 Å². The Kier molecular flexibility index (Phi) is 7.03. The van der Waals surface area contributed by atoms with E-state index in [2.05, 4.69) is 15.5 Å². The molecule has 1 atom stereocenters. The van der Waals surface area contributed by atoms with Crippen molar-refractivity contribution in [2.75, 3.05) is 39.4 Å². The van der Waals surface area contributed by atoms with E-state index in [9.17, 15) is 9.59 Å². The van der Waals surface area contributed by atoms with E-state index in [1.807, 2.05) is 30.5 Å². The van der Waals surface area contributed by atoms with Crippen molar-refractivity contribution in [1.82, 2.24) is 15.5 Å². The normalized spacial score (nSPS) is 16.0. The third-order valence-electron chi connectivity index (χ3n) is 4.45. The number of morpholine rings is 1. The number of carbonyl (C=O) groups is 2. The summed E-state index contributed by atoms with van der Waals surface area (Å²) in [5.41, 5.74) is 0. The molecule has 1 aliphatic rings. The van der Waals surface area contributed by atoms with Crippen molar-refractivity contribution in [2.45, 2.75) is 19.4 Å². The highest BCUT2D eigenvalue weighted by Crippen LogP contribution is 2.23. The Morgan fingerprint density at radius 1 is 1.22 bits per heavy atom. The molecule has 2 aromatic heterocycles. The number of ether oxygens (including phenoxy) is 1. The van der Waals surface area contributed by atoms with Crippen molar-refractivity contribution in [2.24, 2.45) is 0 Å². The second-order valence-electron chi connectivity index (χ2n) is 6.40. The molecule has 0 aromatic carbocycles. The van der Waals surface area contributed by atoms with E-state index >= 15 is 0 Å². The number of hydrogen-bond donors (Lipinski definition) is 2. The number of carbonyl (C=O) groups excluding carboxylic acids is 2. The van der Waals surface area contributed by atoms with Gasteiger partial charge in [0.05, 0.1) is 24.1 Å². The second-order valence-corrected chi connectivity index (χ2v) is 7.35. The number of thiophene rings is 1. The van der Waals surface area contributed by atoms with Crippen LogP contribution in [-0.2, 0) is 9.53 Å². The molecular weight excluding hydrogens is 366 g/mol. The first kappa shape index (κ1) is 19.6. The van der Waals surface area contributed by atoms with Crippen molar-refractivity contribution >= 4 is 23.2 Å². The van der Waals surface area contributed by atoms with Gasteiger partial charge in [-0.2, -0.15) is 0 Å². The highest BCUT2D eigenvalue weighted by Gasteiger charge is 2.25. The van der Waals surface area contributed by atoms with Crippen LogP contribution in [0.4, 0.5) is 0 Å². The van der Waals surface area contributed by atoms with Gasteiger partial charge in [-0.3, -0.25) is 14.5 Å². The highest BCUT2D eigenvalue weighted by molar-refractivity contribution is 7.12. The smallest absolute Gasteiger partial charge is 0.261 e. The van der Waals surface area contributed by atoms with Crippen LogP contribution >= 0.6 is 11.3 Å².